The van der Waals surface area contributed by atoms with Gasteiger partial charge in [-0.2, -0.15) is 5.10 Å². The van der Waals surface area contributed by atoms with E-state index in [1.807, 2.05) is 51.1 Å². The Bertz CT molecular complexity index is 896. The molecule has 3 rings (SSSR count). The number of anilines is 1. The Balaban J connectivity index is 1.76. The predicted molar refractivity (Wildman–Crippen MR) is 94.1 cm³/mol. The van der Waals surface area contributed by atoms with Crippen LogP contribution in [0.4, 0.5) is 5.69 Å². The maximum atomic E-state index is 12.6. The quantitative estimate of drug-likeness (QED) is 0.721. The van der Waals surface area contributed by atoms with E-state index in [1.165, 1.54) is 0 Å². The van der Waals surface area contributed by atoms with Crippen LogP contribution in [0, 0.1) is 20.8 Å². The van der Waals surface area contributed by atoms with Crippen LogP contribution in [0.15, 0.2) is 30.3 Å². The van der Waals surface area contributed by atoms with Crippen LogP contribution >= 0.6 is 0 Å². The normalized spacial score (nSPS) is 11.0. The molecule has 0 saturated heterocycles. The van der Waals surface area contributed by atoms with Crippen LogP contribution in [-0.4, -0.2) is 27.0 Å². The average Bonchev–Trinajstić information content (AvgIpc) is 2.85. The maximum absolute atomic E-state index is 12.6. The molecule has 0 spiro atoms. The Morgan fingerprint density at radius 1 is 1.21 bits per heavy atom. The summed E-state index contributed by atoms with van der Waals surface area (Å²) in [5, 5.41) is 7.39. The summed E-state index contributed by atoms with van der Waals surface area (Å²) in [7, 11) is 0. The minimum absolute atomic E-state index is 0.143. The number of amides is 1. The van der Waals surface area contributed by atoms with Crippen LogP contribution in [0.2, 0.25) is 0 Å². The molecule has 124 valence electrons. The lowest BCUT2D eigenvalue weighted by atomic mass is 10.1. The second-order valence-corrected chi connectivity index (χ2v) is 5.98. The van der Waals surface area contributed by atoms with Crippen molar-refractivity contribution in [3.05, 3.63) is 58.5 Å². The number of aryl methyl sites for hydroxylation is 3. The summed E-state index contributed by atoms with van der Waals surface area (Å²) in [5.41, 5.74) is 11.2. The highest BCUT2D eigenvalue weighted by Crippen LogP contribution is 2.16. The van der Waals surface area contributed by atoms with Crippen molar-refractivity contribution in [3.63, 3.8) is 0 Å². The summed E-state index contributed by atoms with van der Waals surface area (Å²) in [5.74, 6) is -0.143. The Labute approximate surface area is 140 Å². The molecule has 3 N–H and O–H groups in total. The van der Waals surface area contributed by atoms with Gasteiger partial charge >= 0.3 is 0 Å². The molecule has 0 aliphatic heterocycles. The Morgan fingerprint density at radius 2 is 1.92 bits per heavy atom. The number of carbonyl (C=O) groups is 1. The molecule has 0 unspecified atom stereocenters. The third kappa shape index (κ3) is 3.08. The van der Waals surface area contributed by atoms with Crippen molar-refractivity contribution in [2.24, 2.45) is 0 Å². The smallest absolute Gasteiger partial charge is 0.257 e. The summed E-state index contributed by atoms with van der Waals surface area (Å²) in [6.45, 7) is 6.25. The highest BCUT2D eigenvalue weighted by molar-refractivity contribution is 6.01. The van der Waals surface area contributed by atoms with Crippen LogP contribution in [0.1, 0.15) is 33.0 Å². The van der Waals surface area contributed by atoms with Gasteiger partial charge in [0.25, 0.3) is 5.91 Å². The van der Waals surface area contributed by atoms with Gasteiger partial charge in [-0.25, -0.2) is 9.50 Å². The van der Waals surface area contributed by atoms with Crippen LogP contribution in [0.3, 0.4) is 0 Å². The molecule has 6 heteroatoms. The maximum Gasteiger partial charge on any atom is 0.257 e. The number of nitrogens with zero attached hydrogens (tertiary/aromatic N) is 3. The second-order valence-electron chi connectivity index (χ2n) is 5.98. The third-order valence-corrected chi connectivity index (χ3v) is 3.98. The molecule has 1 aromatic carbocycles. The van der Waals surface area contributed by atoms with Crippen LogP contribution in [0.5, 0.6) is 0 Å². The van der Waals surface area contributed by atoms with Gasteiger partial charge < -0.3 is 11.1 Å². The SMILES string of the molecule is Cc1cc(C)n2nc(C)c(C(=O)NCCc3ccc(N)cc3)c2n1. The Kier molecular flexibility index (Phi) is 4.20. The monoisotopic (exact) mass is 323 g/mol. The summed E-state index contributed by atoms with van der Waals surface area (Å²) >= 11 is 0. The largest absolute Gasteiger partial charge is 0.399 e. The standard InChI is InChI=1S/C18H21N5O/c1-11-10-12(2)23-17(21-11)16(13(3)22-23)18(24)20-9-8-14-4-6-15(19)7-5-14/h4-7,10H,8-9,19H2,1-3H3,(H,20,24). The fraction of sp³-hybridized carbons (Fsp3) is 0.278. The predicted octanol–water partition coefficient (Wildman–Crippen LogP) is 2.21. The van der Waals surface area contributed by atoms with Crippen molar-refractivity contribution in [1.82, 2.24) is 19.9 Å². The van der Waals surface area contributed by atoms with Gasteiger partial charge in [0.05, 0.1) is 5.69 Å². The number of hydrogen-bond acceptors (Lipinski definition) is 4. The fourth-order valence-electron chi connectivity index (χ4n) is 2.79. The van der Waals surface area contributed by atoms with E-state index in [2.05, 4.69) is 15.4 Å². The zero-order valence-corrected chi connectivity index (χ0v) is 14.1. The van der Waals surface area contributed by atoms with Crippen LogP contribution in [0.25, 0.3) is 5.65 Å². The first-order valence-corrected chi connectivity index (χ1v) is 7.92. The van der Waals surface area contributed by atoms with Crippen molar-refractivity contribution in [2.75, 3.05) is 12.3 Å². The van der Waals surface area contributed by atoms with E-state index in [9.17, 15) is 4.79 Å². The van der Waals surface area contributed by atoms with Crippen molar-refractivity contribution < 1.29 is 4.79 Å². The van der Waals surface area contributed by atoms with Gasteiger partial charge in [0.15, 0.2) is 5.65 Å². The van der Waals surface area contributed by atoms with Crippen molar-refractivity contribution in [3.8, 4) is 0 Å². The van der Waals surface area contributed by atoms with E-state index in [0.29, 0.717) is 23.4 Å². The van der Waals surface area contributed by atoms with Gasteiger partial charge in [-0.15, -0.1) is 0 Å². The fourth-order valence-corrected chi connectivity index (χ4v) is 2.79. The number of nitrogens with one attached hydrogen (secondary N) is 1. The summed E-state index contributed by atoms with van der Waals surface area (Å²) in [6, 6.07) is 9.61. The first-order chi connectivity index (χ1) is 11.5. The number of carbonyl (C=O) groups excluding carboxylic acids is 1. The van der Waals surface area contributed by atoms with Crippen LogP contribution < -0.4 is 11.1 Å². The lowest BCUT2D eigenvalue weighted by Crippen LogP contribution is -2.26. The lowest BCUT2D eigenvalue weighted by molar-refractivity contribution is 0.0955. The molecule has 0 aliphatic rings. The molecule has 24 heavy (non-hydrogen) atoms. The minimum atomic E-state index is -0.143. The van der Waals surface area contributed by atoms with Gasteiger partial charge in [0.1, 0.15) is 5.56 Å². The number of rotatable bonds is 4. The molecule has 1 amide bonds. The summed E-state index contributed by atoms with van der Waals surface area (Å²) < 4.78 is 1.72. The van der Waals surface area contributed by atoms with E-state index in [-0.39, 0.29) is 5.91 Å². The molecule has 0 aliphatic carbocycles. The van der Waals surface area contributed by atoms with Gasteiger partial charge in [0, 0.05) is 23.6 Å². The van der Waals surface area contributed by atoms with Crippen molar-refractivity contribution >= 4 is 17.2 Å². The molecule has 0 saturated carbocycles. The number of nitrogen functional groups attached to an aromatic ring is 1. The molecule has 2 aromatic heterocycles. The highest BCUT2D eigenvalue weighted by Gasteiger charge is 2.19. The van der Waals surface area contributed by atoms with E-state index in [4.69, 9.17) is 5.73 Å². The zero-order chi connectivity index (χ0) is 17.3. The van der Waals surface area contributed by atoms with Gasteiger partial charge in [-0.1, -0.05) is 12.1 Å². The molecule has 2 heterocycles. The molecule has 3 aromatic rings. The third-order valence-electron chi connectivity index (χ3n) is 3.98. The van der Waals surface area contributed by atoms with Crippen molar-refractivity contribution in [1.29, 1.82) is 0 Å². The number of nitrogens with two attached hydrogens (primary N) is 1. The average molecular weight is 323 g/mol. The van der Waals surface area contributed by atoms with E-state index in [0.717, 1.165) is 29.1 Å². The minimum Gasteiger partial charge on any atom is -0.399 e. The van der Waals surface area contributed by atoms with Gasteiger partial charge in [-0.3, -0.25) is 4.79 Å². The first kappa shape index (κ1) is 16.0. The molecule has 0 atom stereocenters. The number of benzene rings is 1. The molecular weight excluding hydrogens is 302 g/mol. The lowest BCUT2D eigenvalue weighted by Gasteiger charge is -2.06. The zero-order valence-electron chi connectivity index (χ0n) is 14.1. The summed E-state index contributed by atoms with van der Waals surface area (Å²) in [4.78, 5) is 17.1. The van der Waals surface area contributed by atoms with E-state index in [1.54, 1.807) is 4.52 Å². The topological polar surface area (TPSA) is 85.3 Å². The van der Waals surface area contributed by atoms with Gasteiger partial charge in [-0.05, 0) is 51.0 Å². The molecular formula is C18H21N5O. The van der Waals surface area contributed by atoms with Crippen LogP contribution in [-0.2, 0) is 6.42 Å². The molecule has 0 radical (unpaired) electrons. The second kappa shape index (κ2) is 6.31. The Morgan fingerprint density at radius 3 is 2.62 bits per heavy atom. The van der Waals surface area contributed by atoms with Gasteiger partial charge in [0.2, 0.25) is 0 Å². The first-order valence-electron chi connectivity index (χ1n) is 7.92. The Hall–Kier alpha value is -2.89. The van der Waals surface area contributed by atoms with Crippen molar-refractivity contribution in [2.45, 2.75) is 27.2 Å². The highest BCUT2D eigenvalue weighted by atomic mass is 16.1. The number of fused-ring (bicyclic) bond motifs is 1. The van der Waals surface area contributed by atoms with E-state index < -0.39 is 0 Å². The number of aromatic nitrogens is 3. The number of hydrogen-bond donors (Lipinski definition) is 2. The molecule has 0 fully saturated rings. The molecule has 0 bridgehead atoms. The molecule has 6 nitrogen and oxygen atoms in total. The van der Waals surface area contributed by atoms with E-state index >= 15 is 0 Å². The summed E-state index contributed by atoms with van der Waals surface area (Å²) in [6.07, 6.45) is 0.746.